The third-order valence-corrected chi connectivity index (χ3v) is 3.20. The van der Waals surface area contributed by atoms with Crippen LogP contribution in [0.3, 0.4) is 0 Å². The summed E-state index contributed by atoms with van der Waals surface area (Å²) in [5, 5.41) is 12.0. The van der Waals surface area contributed by atoms with Crippen LogP contribution in [0.1, 0.15) is 37.6 Å². The Hall–Kier alpha value is -1.63. The number of rotatable bonds is 3. The molecule has 1 N–H and O–H groups in total. The Balaban J connectivity index is 2.04. The van der Waals surface area contributed by atoms with Gasteiger partial charge in [-0.3, -0.25) is 0 Å². The van der Waals surface area contributed by atoms with E-state index in [0.29, 0.717) is 17.1 Å². The van der Waals surface area contributed by atoms with E-state index in [1.54, 1.807) is 6.07 Å². The molecule has 16 heavy (non-hydrogen) atoms. The summed E-state index contributed by atoms with van der Waals surface area (Å²) in [7, 11) is 0. The maximum absolute atomic E-state index is 8.80. The lowest BCUT2D eigenvalue weighted by molar-refractivity contribution is 0.179. The third kappa shape index (κ3) is 2.30. The minimum Gasteiger partial charge on any atom is -0.354 e. The quantitative estimate of drug-likeness (QED) is 0.841. The maximum atomic E-state index is 8.80. The van der Waals surface area contributed by atoms with Crippen LogP contribution in [0.15, 0.2) is 6.07 Å². The lowest BCUT2D eigenvalue weighted by Gasteiger charge is -2.38. The van der Waals surface area contributed by atoms with Gasteiger partial charge in [-0.05, 0) is 31.2 Å². The van der Waals surface area contributed by atoms with E-state index >= 15 is 0 Å². The van der Waals surface area contributed by atoms with Crippen molar-refractivity contribution in [3.8, 4) is 6.07 Å². The van der Waals surface area contributed by atoms with Gasteiger partial charge in [-0.1, -0.05) is 13.3 Å². The van der Waals surface area contributed by atoms with Crippen molar-refractivity contribution in [3.05, 3.63) is 17.5 Å². The highest BCUT2D eigenvalue weighted by Gasteiger charge is 2.31. The maximum Gasteiger partial charge on any atom is 0.224 e. The van der Waals surface area contributed by atoms with Gasteiger partial charge in [0, 0.05) is 12.2 Å². The zero-order valence-electron chi connectivity index (χ0n) is 9.75. The number of nitrogens with one attached hydrogen (secondary N) is 1. The van der Waals surface area contributed by atoms with Crippen molar-refractivity contribution in [1.29, 1.82) is 5.26 Å². The van der Waals surface area contributed by atoms with Gasteiger partial charge in [-0.25, -0.2) is 9.97 Å². The Morgan fingerprint density at radius 3 is 2.81 bits per heavy atom. The molecule has 0 saturated heterocycles. The smallest absolute Gasteiger partial charge is 0.224 e. The number of nitrogens with zero attached hydrogens (tertiary/aromatic N) is 3. The van der Waals surface area contributed by atoms with Gasteiger partial charge in [0.05, 0.1) is 0 Å². The first-order valence-electron chi connectivity index (χ1n) is 5.61. The average Bonchev–Trinajstić information content (AvgIpc) is 2.23. The molecule has 0 aromatic carbocycles. The van der Waals surface area contributed by atoms with E-state index in [9.17, 15) is 0 Å². The molecule has 1 aromatic rings. The zero-order chi connectivity index (χ0) is 11.6. The second kappa shape index (κ2) is 4.09. The van der Waals surface area contributed by atoms with E-state index in [2.05, 4.69) is 22.2 Å². The molecule has 1 aromatic heterocycles. The summed E-state index contributed by atoms with van der Waals surface area (Å²) in [4.78, 5) is 8.40. The Morgan fingerprint density at radius 2 is 2.25 bits per heavy atom. The van der Waals surface area contributed by atoms with Crippen molar-refractivity contribution >= 4 is 5.95 Å². The van der Waals surface area contributed by atoms with E-state index in [4.69, 9.17) is 5.26 Å². The first-order chi connectivity index (χ1) is 7.61. The normalized spacial score (nSPS) is 17.3. The summed E-state index contributed by atoms with van der Waals surface area (Å²) in [5.74, 6) is 0.574. The Kier molecular flexibility index (Phi) is 2.78. The van der Waals surface area contributed by atoms with Crippen molar-refractivity contribution in [2.24, 2.45) is 5.41 Å². The zero-order valence-corrected chi connectivity index (χ0v) is 9.75. The molecule has 1 aliphatic carbocycles. The van der Waals surface area contributed by atoms with Gasteiger partial charge in [-0.2, -0.15) is 5.26 Å². The predicted octanol–water partition coefficient (Wildman–Crippen LogP) is 2.26. The fraction of sp³-hybridized carbons (Fsp3) is 0.583. The second-order valence-electron chi connectivity index (χ2n) is 4.85. The molecule has 0 amide bonds. The van der Waals surface area contributed by atoms with Gasteiger partial charge < -0.3 is 5.32 Å². The van der Waals surface area contributed by atoms with Crippen LogP contribution in [0.25, 0.3) is 0 Å². The monoisotopic (exact) mass is 216 g/mol. The van der Waals surface area contributed by atoms with Gasteiger partial charge in [0.1, 0.15) is 11.8 Å². The first kappa shape index (κ1) is 10.9. The van der Waals surface area contributed by atoms with Crippen molar-refractivity contribution in [1.82, 2.24) is 9.97 Å². The molecule has 1 heterocycles. The molecule has 4 heteroatoms. The number of aromatic nitrogens is 2. The summed E-state index contributed by atoms with van der Waals surface area (Å²) in [6, 6.07) is 3.73. The minimum atomic E-state index is 0.389. The van der Waals surface area contributed by atoms with Crippen LogP contribution < -0.4 is 5.32 Å². The molecular formula is C12H16N4. The number of hydrogen-bond donors (Lipinski definition) is 1. The highest BCUT2D eigenvalue weighted by molar-refractivity contribution is 5.33. The minimum absolute atomic E-state index is 0.389. The Labute approximate surface area is 95.7 Å². The van der Waals surface area contributed by atoms with Gasteiger partial charge in [0.15, 0.2) is 0 Å². The largest absolute Gasteiger partial charge is 0.354 e. The van der Waals surface area contributed by atoms with E-state index in [-0.39, 0.29) is 0 Å². The summed E-state index contributed by atoms with van der Waals surface area (Å²) in [5.41, 5.74) is 1.64. The number of anilines is 1. The van der Waals surface area contributed by atoms with E-state index in [0.717, 1.165) is 12.2 Å². The molecule has 1 aliphatic rings. The van der Waals surface area contributed by atoms with Crippen molar-refractivity contribution in [2.45, 2.75) is 33.1 Å². The average molecular weight is 216 g/mol. The molecule has 0 bridgehead atoms. The van der Waals surface area contributed by atoms with Crippen molar-refractivity contribution < 1.29 is 0 Å². The van der Waals surface area contributed by atoms with Gasteiger partial charge in [-0.15, -0.1) is 0 Å². The van der Waals surface area contributed by atoms with Crippen LogP contribution in [0.2, 0.25) is 0 Å². The van der Waals surface area contributed by atoms with Gasteiger partial charge in [0.25, 0.3) is 0 Å². The number of nitriles is 1. The molecule has 0 unspecified atom stereocenters. The van der Waals surface area contributed by atoms with Gasteiger partial charge >= 0.3 is 0 Å². The van der Waals surface area contributed by atoms with E-state index in [1.165, 1.54) is 19.3 Å². The van der Waals surface area contributed by atoms with E-state index < -0.39 is 0 Å². The fourth-order valence-corrected chi connectivity index (χ4v) is 1.95. The topological polar surface area (TPSA) is 61.6 Å². The van der Waals surface area contributed by atoms with Crippen LogP contribution in [0.4, 0.5) is 5.95 Å². The molecular weight excluding hydrogens is 200 g/mol. The van der Waals surface area contributed by atoms with Crippen LogP contribution in [0, 0.1) is 23.7 Å². The molecule has 2 rings (SSSR count). The van der Waals surface area contributed by atoms with Crippen LogP contribution in [0.5, 0.6) is 0 Å². The first-order valence-corrected chi connectivity index (χ1v) is 5.61. The standard InChI is InChI=1S/C12H16N4/c1-9-6-10(7-13)16-11(15-9)14-8-12(2)4-3-5-12/h6H,3-5,8H2,1-2H3,(H,14,15,16). The fourth-order valence-electron chi connectivity index (χ4n) is 1.95. The summed E-state index contributed by atoms with van der Waals surface area (Å²) >= 11 is 0. The van der Waals surface area contributed by atoms with Gasteiger partial charge in [0.2, 0.25) is 5.95 Å². The van der Waals surface area contributed by atoms with Crippen molar-refractivity contribution in [3.63, 3.8) is 0 Å². The van der Waals surface area contributed by atoms with Crippen LogP contribution in [-0.2, 0) is 0 Å². The third-order valence-electron chi connectivity index (χ3n) is 3.20. The SMILES string of the molecule is Cc1cc(C#N)nc(NCC2(C)CCC2)n1. The van der Waals surface area contributed by atoms with Crippen LogP contribution >= 0.6 is 0 Å². The molecule has 0 atom stereocenters. The summed E-state index contributed by atoms with van der Waals surface area (Å²) in [6.45, 7) is 5.03. The highest BCUT2D eigenvalue weighted by Crippen LogP contribution is 2.39. The molecule has 0 spiro atoms. The molecule has 0 aliphatic heterocycles. The predicted molar refractivity (Wildman–Crippen MR) is 61.9 cm³/mol. The Morgan fingerprint density at radius 1 is 1.50 bits per heavy atom. The molecule has 1 saturated carbocycles. The molecule has 0 radical (unpaired) electrons. The molecule has 1 fully saturated rings. The van der Waals surface area contributed by atoms with Crippen LogP contribution in [-0.4, -0.2) is 16.5 Å². The molecule has 4 nitrogen and oxygen atoms in total. The lowest BCUT2D eigenvalue weighted by atomic mass is 9.70. The summed E-state index contributed by atoms with van der Waals surface area (Å²) < 4.78 is 0. The summed E-state index contributed by atoms with van der Waals surface area (Å²) in [6.07, 6.45) is 3.84. The Bertz CT molecular complexity index is 429. The highest BCUT2D eigenvalue weighted by atomic mass is 15.1. The van der Waals surface area contributed by atoms with E-state index in [1.807, 2.05) is 13.0 Å². The lowest BCUT2D eigenvalue weighted by Crippen LogP contribution is -2.33. The molecule has 84 valence electrons. The number of aryl methyl sites for hydroxylation is 1. The second-order valence-corrected chi connectivity index (χ2v) is 4.85. The van der Waals surface area contributed by atoms with Crippen molar-refractivity contribution in [2.75, 3.05) is 11.9 Å². The number of hydrogen-bond acceptors (Lipinski definition) is 4.